The number of nitrogens with zero attached hydrogens (tertiary/aromatic N) is 3. The molecule has 0 bridgehead atoms. The summed E-state index contributed by atoms with van der Waals surface area (Å²) in [7, 11) is 1.34. The van der Waals surface area contributed by atoms with E-state index >= 15 is 0 Å². The summed E-state index contributed by atoms with van der Waals surface area (Å²) < 4.78 is 9.33. The molecule has 0 spiro atoms. The number of hydrogen-bond acceptors (Lipinski definition) is 6. The molecule has 0 fully saturated rings. The van der Waals surface area contributed by atoms with Crippen molar-refractivity contribution in [3.8, 4) is 5.69 Å². The molecule has 0 N–H and O–H groups in total. The lowest BCUT2D eigenvalue weighted by atomic mass is 9.95. The van der Waals surface area contributed by atoms with Crippen LogP contribution in [0.25, 0.3) is 11.8 Å². The molecule has 0 saturated carbocycles. The van der Waals surface area contributed by atoms with Gasteiger partial charge in [-0.15, -0.1) is 0 Å². The van der Waals surface area contributed by atoms with Gasteiger partial charge < -0.3 is 9.30 Å². The predicted octanol–water partition coefficient (Wildman–Crippen LogP) is 4.41. The van der Waals surface area contributed by atoms with E-state index in [-0.39, 0.29) is 11.3 Å². The van der Waals surface area contributed by atoms with Crippen LogP contribution in [0.5, 0.6) is 0 Å². The zero-order valence-corrected chi connectivity index (χ0v) is 23.3. The zero-order valence-electron chi connectivity index (χ0n) is 22.5. The number of ketones is 1. The van der Waals surface area contributed by atoms with E-state index in [0.717, 1.165) is 28.2 Å². The first-order chi connectivity index (χ1) is 18.7. The SMILES string of the molecule is CCC1=C(C(=O)OC)[C@@H](c2ccccc2)n2c(s/c(=C\c3cc(C)n(-c4cccc(C(C)=O)c4)c3C)c2=O)=N1. The van der Waals surface area contributed by atoms with Gasteiger partial charge in [0.15, 0.2) is 10.6 Å². The lowest BCUT2D eigenvalue weighted by Gasteiger charge is -2.25. The summed E-state index contributed by atoms with van der Waals surface area (Å²) >= 11 is 1.31. The maximum atomic E-state index is 13.9. The molecule has 7 nitrogen and oxygen atoms in total. The number of thiazole rings is 1. The topological polar surface area (TPSA) is 82.7 Å². The van der Waals surface area contributed by atoms with Gasteiger partial charge in [0, 0.05) is 22.6 Å². The van der Waals surface area contributed by atoms with E-state index in [0.29, 0.717) is 32.6 Å². The second-order valence-corrected chi connectivity index (χ2v) is 10.5. The number of aromatic nitrogens is 2. The molecule has 198 valence electrons. The molecule has 0 saturated heterocycles. The molecule has 2 aromatic heterocycles. The molecular weight excluding hydrogens is 510 g/mol. The molecule has 4 aromatic rings. The number of allylic oxidation sites excluding steroid dienone is 1. The summed E-state index contributed by atoms with van der Waals surface area (Å²) in [6, 6.07) is 18.4. The number of aryl methyl sites for hydroxylation is 1. The van der Waals surface area contributed by atoms with Gasteiger partial charge in [-0.2, -0.15) is 0 Å². The van der Waals surface area contributed by atoms with Crippen LogP contribution in [-0.2, 0) is 9.53 Å². The second kappa shape index (κ2) is 10.5. The zero-order chi connectivity index (χ0) is 27.8. The molecule has 0 amide bonds. The van der Waals surface area contributed by atoms with Crippen molar-refractivity contribution in [3.63, 3.8) is 0 Å². The first kappa shape index (κ1) is 26.3. The number of methoxy groups -OCH3 is 1. The van der Waals surface area contributed by atoms with E-state index in [1.54, 1.807) is 17.6 Å². The van der Waals surface area contributed by atoms with Crippen molar-refractivity contribution in [1.82, 2.24) is 9.13 Å². The van der Waals surface area contributed by atoms with Crippen molar-refractivity contribution in [3.05, 3.63) is 120 Å². The number of fused-ring (bicyclic) bond motifs is 1. The van der Waals surface area contributed by atoms with Crippen LogP contribution in [0.1, 0.15) is 59.2 Å². The number of carbonyl (C=O) groups is 2. The average Bonchev–Trinajstić information content (AvgIpc) is 3.41. The monoisotopic (exact) mass is 539 g/mol. The molecule has 0 unspecified atom stereocenters. The van der Waals surface area contributed by atoms with Gasteiger partial charge in [-0.3, -0.25) is 14.2 Å². The fourth-order valence-corrected chi connectivity index (χ4v) is 6.16. The van der Waals surface area contributed by atoms with Crippen molar-refractivity contribution >= 4 is 29.2 Å². The standard InChI is InChI=1S/C31H29N3O4S/c1-6-25-27(30(37)38-5)28(21-11-8-7-9-12-21)34-29(36)26(39-31(34)32-25)17-23-15-18(2)33(19(23)3)24-14-10-13-22(16-24)20(4)35/h7-17,28H,6H2,1-5H3/b26-17-/t28-/m1/s1. The van der Waals surface area contributed by atoms with Gasteiger partial charge in [-0.1, -0.05) is 60.7 Å². The van der Waals surface area contributed by atoms with E-state index in [9.17, 15) is 14.4 Å². The number of benzene rings is 2. The van der Waals surface area contributed by atoms with Gasteiger partial charge in [-0.25, -0.2) is 9.79 Å². The van der Waals surface area contributed by atoms with Crippen molar-refractivity contribution in [1.29, 1.82) is 0 Å². The molecule has 1 atom stereocenters. The maximum absolute atomic E-state index is 13.9. The Morgan fingerprint density at radius 3 is 2.49 bits per heavy atom. The van der Waals surface area contributed by atoms with E-state index in [1.165, 1.54) is 18.4 Å². The van der Waals surface area contributed by atoms with Crippen molar-refractivity contribution < 1.29 is 14.3 Å². The van der Waals surface area contributed by atoms with Crippen LogP contribution in [0.15, 0.2) is 81.7 Å². The smallest absolute Gasteiger partial charge is 0.338 e. The van der Waals surface area contributed by atoms with Crippen molar-refractivity contribution in [2.24, 2.45) is 4.99 Å². The number of carbonyl (C=O) groups excluding carboxylic acids is 2. The Hall–Kier alpha value is -4.30. The Morgan fingerprint density at radius 2 is 1.82 bits per heavy atom. The van der Waals surface area contributed by atoms with E-state index < -0.39 is 12.0 Å². The van der Waals surface area contributed by atoms with Gasteiger partial charge in [0.2, 0.25) is 0 Å². The van der Waals surface area contributed by atoms with Crippen LogP contribution in [-0.4, -0.2) is 28.0 Å². The fraction of sp³-hybridized carbons (Fsp3) is 0.226. The average molecular weight is 540 g/mol. The minimum atomic E-state index is -0.631. The third-order valence-corrected chi connectivity index (χ3v) is 8.02. The van der Waals surface area contributed by atoms with Crippen LogP contribution < -0.4 is 14.9 Å². The Kier molecular flexibility index (Phi) is 7.06. The van der Waals surface area contributed by atoms with Gasteiger partial charge in [0.1, 0.15) is 0 Å². The summed E-state index contributed by atoms with van der Waals surface area (Å²) in [5.41, 5.74) is 5.95. The lowest BCUT2D eigenvalue weighted by Crippen LogP contribution is -2.40. The summed E-state index contributed by atoms with van der Waals surface area (Å²) in [4.78, 5) is 44.1. The Bertz CT molecular complexity index is 1820. The minimum Gasteiger partial charge on any atom is -0.466 e. The van der Waals surface area contributed by atoms with Crippen LogP contribution >= 0.6 is 11.3 Å². The Morgan fingerprint density at radius 1 is 1.08 bits per heavy atom. The van der Waals surface area contributed by atoms with Crippen LogP contribution in [0.4, 0.5) is 0 Å². The number of ether oxygens (including phenoxy) is 1. The first-order valence-electron chi connectivity index (χ1n) is 12.7. The van der Waals surface area contributed by atoms with Crippen LogP contribution in [0, 0.1) is 13.8 Å². The fourth-order valence-electron chi connectivity index (χ4n) is 5.15. The van der Waals surface area contributed by atoms with Crippen molar-refractivity contribution in [2.75, 3.05) is 7.11 Å². The summed E-state index contributed by atoms with van der Waals surface area (Å²) in [6.07, 6.45) is 2.41. The highest BCUT2D eigenvalue weighted by Crippen LogP contribution is 2.31. The molecule has 0 aliphatic carbocycles. The second-order valence-electron chi connectivity index (χ2n) is 9.47. The normalized spacial score (nSPS) is 15.2. The molecule has 8 heteroatoms. The lowest BCUT2D eigenvalue weighted by molar-refractivity contribution is -0.136. The molecular formula is C31H29N3O4S. The highest BCUT2D eigenvalue weighted by atomic mass is 32.1. The van der Waals surface area contributed by atoms with E-state index in [4.69, 9.17) is 9.73 Å². The molecule has 2 aromatic carbocycles. The van der Waals surface area contributed by atoms with Crippen LogP contribution in [0.2, 0.25) is 0 Å². The van der Waals surface area contributed by atoms with E-state index in [2.05, 4.69) is 4.57 Å². The third kappa shape index (κ3) is 4.61. The summed E-state index contributed by atoms with van der Waals surface area (Å²) in [5, 5.41) is 0. The van der Waals surface area contributed by atoms with Crippen molar-refractivity contribution in [2.45, 2.75) is 40.2 Å². The minimum absolute atomic E-state index is 0.00591. The first-order valence-corrected chi connectivity index (χ1v) is 13.5. The molecule has 39 heavy (non-hydrogen) atoms. The van der Waals surface area contributed by atoms with Crippen LogP contribution in [0.3, 0.4) is 0 Å². The highest BCUT2D eigenvalue weighted by molar-refractivity contribution is 7.07. The number of rotatable bonds is 6. The number of esters is 1. The maximum Gasteiger partial charge on any atom is 0.338 e. The highest BCUT2D eigenvalue weighted by Gasteiger charge is 2.33. The Balaban J connectivity index is 1.70. The molecule has 1 aliphatic rings. The van der Waals surface area contributed by atoms with Gasteiger partial charge in [0.05, 0.1) is 29.0 Å². The number of Topliss-reactive ketones (excluding diaryl/α,β-unsaturated/α-hetero) is 1. The molecule has 5 rings (SSSR count). The van der Waals surface area contributed by atoms with Gasteiger partial charge >= 0.3 is 5.97 Å². The predicted molar refractivity (Wildman–Crippen MR) is 152 cm³/mol. The quantitative estimate of drug-likeness (QED) is 0.269. The molecule has 3 heterocycles. The Labute approximate surface area is 230 Å². The molecule has 1 aliphatic heterocycles. The molecule has 0 radical (unpaired) electrons. The van der Waals surface area contributed by atoms with E-state index in [1.807, 2.05) is 81.4 Å². The van der Waals surface area contributed by atoms with Gasteiger partial charge in [-0.05, 0) is 62.6 Å². The summed E-state index contributed by atoms with van der Waals surface area (Å²) in [6.45, 7) is 7.48. The third-order valence-electron chi connectivity index (χ3n) is 7.03. The summed E-state index contributed by atoms with van der Waals surface area (Å²) in [5.74, 6) is -0.485. The number of hydrogen-bond donors (Lipinski definition) is 0. The van der Waals surface area contributed by atoms with Gasteiger partial charge in [0.25, 0.3) is 5.56 Å². The largest absolute Gasteiger partial charge is 0.466 e.